The molecule has 1 heterocycles. The average molecular weight is 728 g/mol. The zero-order valence-corrected chi connectivity index (χ0v) is 34.0. The Morgan fingerprint density at radius 2 is 1.07 bits per heavy atom. The second-order valence-electron chi connectivity index (χ2n) is 14.7. The number of aromatic nitrogens is 1. The first kappa shape index (κ1) is 38.1. The summed E-state index contributed by atoms with van der Waals surface area (Å²) in [5.74, 6) is 0. The summed E-state index contributed by atoms with van der Waals surface area (Å²) in [4.78, 5) is 0. The average Bonchev–Trinajstić information content (AvgIpc) is 3.57. The van der Waals surface area contributed by atoms with E-state index in [4.69, 9.17) is 0 Å². The van der Waals surface area contributed by atoms with Gasteiger partial charge in [0, 0.05) is 16.5 Å². The van der Waals surface area contributed by atoms with Crippen molar-refractivity contribution in [3.8, 4) is 39.1 Å². The van der Waals surface area contributed by atoms with Crippen LogP contribution in [-0.2, 0) is 0 Å². The number of rotatable bonds is 5. The molecular formula is C55H53N. The summed E-state index contributed by atoms with van der Waals surface area (Å²) in [5, 5.41) is 2.57. The molecule has 7 aromatic carbocycles. The first-order valence-electron chi connectivity index (χ1n) is 20.2. The van der Waals surface area contributed by atoms with Crippen molar-refractivity contribution in [2.24, 2.45) is 0 Å². The Morgan fingerprint density at radius 3 is 1.77 bits per heavy atom. The predicted octanol–water partition coefficient (Wildman–Crippen LogP) is 15.9. The first-order chi connectivity index (χ1) is 27.4. The van der Waals surface area contributed by atoms with Gasteiger partial charge in [-0.15, -0.1) is 0 Å². The van der Waals surface area contributed by atoms with Gasteiger partial charge >= 0.3 is 0 Å². The number of para-hydroxylation sites is 1. The first-order valence-corrected chi connectivity index (χ1v) is 20.2. The molecule has 0 saturated carbocycles. The molecule has 0 N–H and O–H groups in total. The Morgan fingerprint density at radius 1 is 0.464 bits per heavy atom. The fraction of sp³-hybridized carbons (Fsp3) is 0.164. The number of allylic oxidation sites excluding steroid dienone is 4. The quantitative estimate of drug-likeness (QED) is 0.166. The molecule has 0 saturated heterocycles. The number of hydrogen-bond donors (Lipinski definition) is 0. The number of fused-ring (bicyclic) bond motifs is 3. The Labute approximate surface area is 334 Å². The van der Waals surface area contributed by atoms with Gasteiger partial charge in [0.15, 0.2) is 0 Å². The lowest BCUT2D eigenvalue weighted by molar-refractivity contribution is 1.03. The molecule has 8 aromatic rings. The standard InChI is InChI=1S/C46H39N.C7H8.C2H6/c1-30-14-8-10-18-37(30)39-26-24-34(28-32(39)3)42-22-13-23-45-46(42)43-29-35(25-27-44(43)47(45)36-16-6-5-7-17-36)40-20-12-21-41(33(40)4)38-19-11-9-15-31(38)2;1-7-5-3-2-4-6-7;1-2/h5-10,12-18,20-29H,11,19H2,1-4H3;2-6H,1H3;1-2H3. The molecule has 0 fully saturated rings. The van der Waals surface area contributed by atoms with Gasteiger partial charge in [0.05, 0.1) is 11.0 Å². The molecule has 278 valence electrons. The third kappa shape index (κ3) is 7.55. The van der Waals surface area contributed by atoms with E-state index in [1.165, 1.54) is 99.8 Å². The summed E-state index contributed by atoms with van der Waals surface area (Å²) in [6.07, 6.45) is 6.78. The highest BCUT2D eigenvalue weighted by Crippen LogP contribution is 2.42. The molecule has 0 amide bonds. The van der Waals surface area contributed by atoms with Crippen molar-refractivity contribution in [2.45, 2.75) is 61.3 Å². The molecular weight excluding hydrogens is 675 g/mol. The van der Waals surface area contributed by atoms with E-state index in [0.29, 0.717) is 0 Å². The van der Waals surface area contributed by atoms with E-state index in [1.54, 1.807) is 0 Å². The Balaban J connectivity index is 0.000000478. The van der Waals surface area contributed by atoms with Crippen LogP contribution in [0, 0.1) is 27.7 Å². The molecule has 0 spiro atoms. The summed E-state index contributed by atoms with van der Waals surface area (Å²) >= 11 is 0. The third-order valence-corrected chi connectivity index (χ3v) is 11.1. The van der Waals surface area contributed by atoms with Crippen molar-refractivity contribution in [1.82, 2.24) is 4.57 Å². The van der Waals surface area contributed by atoms with Crippen LogP contribution in [0.15, 0.2) is 175 Å². The van der Waals surface area contributed by atoms with Crippen molar-refractivity contribution in [2.75, 3.05) is 0 Å². The Bertz CT molecular complexity index is 2690. The zero-order valence-electron chi connectivity index (χ0n) is 34.0. The number of nitrogens with zero attached hydrogens (tertiary/aromatic N) is 1. The van der Waals surface area contributed by atoms with Crippen LogP contribution in [0.4, 0.5) is 0 Å². The molecule has 1 aromatic heterocycles. The van der Waals surface area contributed by atoms with E-state index >= 15 is 0 Å². The van der Waals surface area contributed by atoms with E-state index in [0.717, 1.165) is 12.8 Å². The summed E-state index contributed by atoms with van der Waals surface area (Å²) in [6, 6.07) is 57.4. The molecule has 0 radical (unpaired) electrons. The second-order valence-corrected chi connectivity index (χ2v) is 14.7. The maximum absolute atomic E-state index is 2.43. The van der Waals surface area contributed by atoms with E-state index < -0.39 is 0 Å². The van der Waals surface area contributed by atoms with Crippen LogP contribution >= 0.6 is 0 Å². The van der Waals surface area contributed by atoms with Gasteiger partial charge < -0.3 is 4.57 Å². The third-order valence-electron chi connectivity index (χ3n) is 11.1. The largest absolute Gasteiger partial charge is 0.309 e. The van der Waals surface area contributed by atoms with Crippen LogP contribution in [-0.4, -0.2) is 4.57 Å². The molecule has 0 aliphatic heterocycles. The van der Waals surface area contributed by atoms with Crippen LogP contribution in [0.25, 0.3) is 66.4 Å². The summed E-state index contributed by atoms with van der Waals surface area (Å²) < 4.78 is 2.43. The topological polar surface area (TPSA) is 4.93 Å². The molecule has 1 aliphatic carbocycles. The normalized spacial score (nSPS) is 12.3. The molecule has 0 bridgehead atoms. The molecule has 1 nitrogen and oxygen atoms in total. The van der Waals surface area contributed by atoms with Gasteiger partial charge in [-0.3, -0.25) is 0 Å². The van der Waals surface area contributed by atoms with E-state index in [1.807, 2.05) is 32.0 Å². The van der Waals surface area contributed by atoms with Crippen LogP contribution in [0.5, 0.6) is 0 Å². The number of hydrogen-bond acceptors (Lipinski definition) is 0. The maximum Gasteiger partial charge on any atom is 0.0547 e. The highest BCUT2D eigenvalue weighted by Gasteiger charge is 2.19. The zero-order chi connectivity index (χ0) is 39.2. The lowest BCUT2D eigenvalue weighted by Gasteiger charge is -2.18. The van der Waals surface area contributed by atoms with Crippen molar-refractivity contribution in [1.29, 1.82) is 0 Å². The van der Waals surface area contributed by atoms with Gasteiger partial charge in [-0.25, -0.2) is 0 Å². The van der Waals surface area contributed by atoms with Gasteiger partial charge in [-0.05, 0) is 145 Å². The minimum atomic E-state index is 1.10. The van der Waals surface area contributed by atoms with Crippen molar-refractivity contribution in [3.63, 3.8) is 0 Å². The smallest absolute Gasteiger partial charge is 0.0547 e. The van der Waals surface area contributed by atoms with E-state index in [9.17, 15) is 0 Å². The number of benzene rings is 7. The Hall–Kier alpha value is -6.18. The SMILES string of the molecule is CC.CC1=C(c2cccc(-c3ccc4c(c3)c3c(-c5ccc(-c6ccccc6C)c(C)c5)cccc3n4-c3ccccc3)c2C)CCC=C1.Cc1ccccc1. The van der Waals surface area contributed by atoms with Gasteiger partial charge in [0.25, 0.3) is 0 Å². The monoisotopic (exact) mass is 727 g/mol. The van der Waals surface area contributed by atoms with E-state index in [2.05, 4.69) is 191 Å². The van der Waals surface area contributed by atoms with Gasteiger partial charge in [0.2, 0.25) is 0 Å². The molecule has 0 atom stereocenters. The summed E-state index contributed by atoms with van der Waals surface area (Å²) in [7, 11) is 0. The molecule has 1 aliphatic rings. The number of aryl methyl sites for hydroxylation is 3. The molecule has 1 heteroatoms. The van der Waals surface area contributed by atoms with Gasteiger partial charge in [0.1, 0.15) is 0 Å². The molecule has 0 unspecified atom stereocenters. The van der Waals surface area contributed by atoms with Crippen LogP contribution < -0.4 is 0 Å². The van der Waals surface area contributed by atoms with Crippen LogP contribution in [0.1, 0.15) is 61.4 Å². The lowest BCUT2D eigenvalue weighted by atomic mass is 9.86. The van der Waals surface area contributed by atoms with Gasteiger partial charge in [-0.1, -0.05) is 159 Å². The molecule has 56 heavy (non-hydrogen) atoms. The fourth-order valence-electron chi connectivity index (χ4n) is 8.28. The Kier molecular flexibility index (Phi) is 11.6. The van der Waals surface area contributed by atoms with Crippen LogP contribution in [0.3, 0.4) is 0 Å². The lowest BCUT2D eigenvalue weighted by Crippen LogP contribution is -1.97. The van der Waals surface area contributed by atoms with Crippen molar-refractivity contribution < 1.29 is 0 Å². The van der Waals surface area contributed by atoms with E-state index in [-0.39, 0.29) is 0 Å². The maximum atomic E-state index is 2.43. The highest BCUT2D eigenvalue weighted by atomic mass is 15.0. The van der Waals surface area contributed by atoms with Gasteiger partial charge in [-0.2, -0.15) is 0 Å². The second kappa shape index (κ2) is 17.1. The summed E-state index contributed by atoms with van der Waals surface area (Å²) in [5.41, 5.74) is 20.8. The van der Waals surface area contributed by atoms with Crippen LogP contribution in [0.2, 0.25) is 0 Å². The minimum absolute atomic E-state index is 1.10. The minimum Gasteiger partial charge on any atom is -0.309 e. The van der Waals surface area contributed by atoms with Crippen molar-refractivity contribution >= 4 is 27.4 Å². The summed E-state index contributed by atoms with van der Waals surface area (Å²) in [6.45, 7) is 15.1. The molecule has 9 rings (SSSR count). The predicted molar refractivity (Wildman–Crippen MR) is 245 cm³/mol. The highest BCUT2D eigenvalue weighted by molar-refractivity contribution is 6.16. The fourth-order valence-corrected chi connectivity index (χ4v) is 8.28. The van der Waals surface area contributed by atoms with Crippen molar-refractivity contribution in [3.05, 3.63) is 203 Å².